The number of piperazine rings is 1. The van der Waals surface area contributed by atoms with Crippen LogP contribution < -0.4 is 0 Å². The summed E-state index contributed by atoms with van der Waals surface area (Å²) < 4.78 is 0. The van der Waals surface area contributed by atoms with E-state index in [1.165, 1.54) is 22.5 Å². The van der Waals surface area contributed by atoms with E-state index in [9.17, 15) is 9.59 Å². The van der Waals surface area contributed by atoms with Gasteiger partial charge in [0.25, 0.3) is 0 Å². The molecule has 2 aromatic rings. The third-order valence-electron chi connectivity index (χ3n) is 5.92. The number of fused-ring (bicyclic) bond motifs is 1. The van der Waals surface area contributed by atoms with Crippen molar-refractivity contribution in [1.29, 1.82) is 0 Å². The predicted octanol–water partition coefficient (Wildman–Crippen LogP) is 2.58. The first-order valence-corrected chi connectivity index (χ1v) is 11.3. The van der Waals surface area contributed by atoms with E-state index < -0.39 is 11.9 Å². The molecule has 4 rings (SSSR count). The maximum absolute atomic E-state index is 9.55. The van der Waals surface area contributed by atoms with Crippen LogP contribution in [0.3, 0.4) is 0 Å². The molecular weight excluding hydrogens is 432 g/mol. The van der Waals surface area contributed by atoms with Crippen LogP contribution in [0.25, 0.3) is 0 Å². The fraction of sp³-hybridized carbons (Fsp3) is 0.346. The molecule has 1 atom stereocenters. The number of rotatable bonds is 5. The monoisotopic (exact) mass is 464 g/mol. The van der Waals surface area contributed by atoms with Gasteiger partial charge in [-0.1, -0.05) is 54.6 Å². The van der Waals surface area contributed by atoms with Gasteiger partial charge >= 0.3 is 11.9 Å². The first-order valence-electron chi connectivity index (χ1n) is 11.3. The number of benzene rings is 2. The maximum Gasteiger partial charge on any atom is 0.328 e. The standard InChI is InChI=1S/C22H28N4.C4H4O4/c1-24-12-14-26(15-13-24)17-21-23-22(18-8-4-3-5-9-18)20-11-7-6-10-19(20)16-25(21)2;5-3(6)1-2-4(7)8/h3-11,22H,12-17H2,1-2H3;1-2H,(H,5,6)(H,7,8)/b;2-1+. The number of amidine groups is 1. The van der Waals surface area contributed by atoms with Crippen LogP contribution in [-0.4, -0.2) is 89.5 Å². The number of carboxylic acids is 2. The van der Waals surface area contributed by atoms with Gasteiger partial charge in [0, 0.05) is 51.9 Å². The van der Waals surface area contributed by atoms with Gasteiger partial charge in [0.05, 0.1) is 6.54 Å². The van der Waals surface area contributed by atoms with Crippen molar-refractivity contribution in [2.75, 3.05) is 46.8 Å². The van der Waals surface area contributed by atoms with E-state index in [1.54, 1.807) is 0 Å². The van der Waals surface area contributed by atoms with Crippen LogP contribution in [0.5, 0.6) is 0 Å². The summed E-state index contributed by atoms with van der Waals surface area (Å²) in [5.41, 5.74) is 3.98. The molecule has 2 aliphatic rings. The molecule has 2 aliphatic heterocycles. The normalized spacial score (nSPS) is 18.9. The van der Waals surface area contributed by atoms with Gasteiger partial charge in [0.15, 0.2) is 0 Å². The van der Waals surface area contributed by atoms with Crippen LogP contribution in [0, 0.1) is 0 Å². The highest BCUT2D eigenvalue weighted by Crippen LogP contribution is 2.32. The number of likely N-dealkylation sites (N-methyl/N-ethyl adjacent to an activating group) is 2. The fourth-order valence-electron chi connectivity index (χ4n) is 4.01. The molecule has 8 nitrogen and oxygen atoms in total. The molecule has 8 heteroatoms. The Labute approximate surface area is 200 Å². The predicted molar refractivity (Wildman–Crippen MR) is 132 cm³/mol. The lowest BCUT2D eigenvalue weighted by atomic mass is 9.95. The largest absolute Gasteiger partial charge is 0.478 e. The molecule has 0 saturated carbocycles. The third-order valence-corrected chi connectivity index (χ3v) is 5.92. The third kappa shape index (κ3) is 7.26. The number of aliphatic carboxylic acids is 2. The Hall–Kier alpha value is -3.49. The number of carbonyl (C=O) groups is 2. The second-order valence-electron chi connectivity index (χ2n) is 8.50. The van der Waals surface area contributed by atoms with Gasteiger partial charge in [-0.25, -0.2) is 9.59 Å². The highest BCUT2D eigenvalue weighted by Gasteiger charge is 2.25. The second kappa shape index (κ2) is 12.1. The molecule has 34 heavy (non-hydrogen) atoms. The smallest absolute Gasteiger partial charge is 0.328 e. The number of hydrogen-bond donors (Lipinski definition) is 2. The van der Waals surface area contributed by atoms with Gasteiger partial charge in [0.1, 0.15) is 11.9 Å². The molecular formula is C26H32N4O4. The molecule has 0 aliphatic carbocycles. The summed E-state index contributed by atoms with van der Waals surface area (Å²) in [7, 11) is 4.38. The van der Waals surface area contributed by atoms with E-state index >= 15 is 0 Å². The van der Waals surface area contributed by atoms with Crippen molar-refractivity contribution in [3.05, 3.63) is 83.4 Å². The average Bonchev–Trinajstić information content (AvgIpc) is 2.96. The van der Waals surface area contributed by atoms with Gasteiger partial charge < -0.3 is 20.0 Å². The zero-order valence-electron chi connectivity index (χ0n) is 19.7. The zero-order chi connectivity index (χ0) is 24.5. The van der Waals surface area contributed by atoms with E-state index in [2.05, 4.69) is 83.4 Å². The van der Waals surface area contributed by atoms with E-state index in [4.69, 9.17) is 15.2 Å². The summed E-state index contributed by atoms with van der Waals surface area (Å²) in [6.07, 6.45) is 1.12. The molecule has 1 unspecified atom stereocenters. The van der Waals surface area contributed by atoms with Crippen molar-refractivity contribution in [2.24, 2.45) is 4.99 Å². The summed E-state index contributed by atoms with van der Waals surface area (Å²) in [6.45, 7) is 6.37. The van der Waals surface area contributed by atoms with Crippen molar-refractivity contribution >= 4 is 17.8 Å². The van der Waals surface area contributed by atoms with Crippen molar-refractivity contribution in [1.82, 2.24) is 14.7 Å². The highest BCUT2D eigenvalue weighted by molar-refractivity contribution is 5.89. The average molecular weight is 465 g/mol. The van der Waals surface area contributed by atoms with Crippen LogP contribution in [-0.2, 0) is 16.1 Å². The lowest BCUT2D eigenvalue weighted by molar-refractivity contribution is -0.134. The van der Waals surface area contributed by atoms with Crippen LogP contribution in [0.1, 0.15) is 22.7 Å². The Morgan fingerprint density at radius 2 is 1.50 bits per heavy atom. The van der Waals surface area contributed by atoms with Crippen molar-refractivity contribution in [2.45, 2.75) is 12.6 Å². The Morgan fingerprint density at radius 1 is 0.912 bits per heavy atom. The molecule has 2 N–H and O–H groups in total. The summed E-state index contributed by atoms with van der Waals surface area (Å²) in [5, 5.41) is 15.6. The molecule has 0 radical (unpaired) electrons. The highest BCUT2D eigenvalue weighted by atomic mass is 16.4. The first kappa shape index (κ1) is 25.1. The van der Waals surface area contributed by atoms with E-state index in [-0.39, 0.29) is 6.04 Å². The summed E-state index contributed by atoms with van der Waals surface area (Å²) >= 11 is 0. The first-order chi connectivity index (χ1) is 16.3. The molecule has 0 amide bonds. The molecule has 1 saturated heterocycles. The molecule has 0 spiro atoms. The Balaban J connectivity index is 0.000000350. The SMILES string of the molecule is CN1CCN(CC2=NC(c3ccccc3)c3ccccc3CN2C)CC1.O=C(O)/C=C/C(=O)O. The number of hydrogen-bond acceptors (Lipinski definition) is 6. The summed E-state index contributed by atoms with van der Waals surface area (Å²) in [5.74, 6) is -1.32. The quantitative estimate of drug-likeness (QED) is 0.657. The van der Waals surface area contributed by atoms with Gasteiger partial charge in [-0.15, -0.1) is 0 Å². The van der Waals surface area contributed by atoms with Crippen molar-refractivity contribution in [3.63, 3.8) is 0 Å². The van der Waals surface area contributed by atoms with Crippen LogP contribution in [0.4, 0.5) is 0 Å². The number of aliphatic imine (C=N–C) groups is 1. The summed E-state index contributed by atoms with van der Waals surface area (Å²) in [6, 6.07) is 19.5. The molecule has 0 bridgehead atoms. The maximum atomic E-state index is 9.55. The van der Waals surface area contributed by atoms with Crippen LogP contribution in [0.15, 0.2) is 71.7 Å². The minimum Gasteiger partial charge on any atom is -0.478 e. The van der Waals surface area contributed by atoms with Crippen LogP contribution >= 0.6 is 0 Å². The van der Waals surface area contributed by atoms with Gasteiger partial charge in [0.2, 0.25) is 0 Å². The molecule has 2 aromatic carbocycles. The topological polar surface area (TPSA) is 96.7 Å². The summed E-state index contributed by atoms with van der Waals surface area (Å²) in [4.78, 5) is 31.6. The van der Waals surface area contributed by atoms with Crippen molar-refractivity contribution < 1.29 is 19.8 Å². The Bertz CT molecular complexity index is 1010. The lowest BCUT2D eigenvalue weighted by Crippen LogP contribution is -2.48. The van der Waals surface area contributed by atoms with E-state index in [0.717, 1.165) is 39.3 Å². The van der Waals surface area contributed by atoms with E-state index in [1.807, 2.05) is 0 Å². The molecule has 180 valence electrons. The van der Waals surface area contributed by atoms with Gasteiger partial charge in [-0.3, -0.25) is 9.89 Å². The van der Waals surface area contributed by atoms with E-state index in [0.29, 0.717) is 12.2 Å². The second-order valence-corrected chi connectivity index (χ2v) is 8.50. The Kier molecular flexibility index (Phi) is 8.95. The molecule has 2 heterocycles. The van der Waals surface area contributed by atoms with Gasteiger partial charge in [-0.2, -0.15) is 0 Å². The lowest BCUT2D eigenvalue weighted by Gasteiger charge is -2.34. The van der Waals surface area contributed by atoms with Crippen LogP contribution in [0.2, 0.25) is 0 Å². The Morgan fingerprint density at radius 3 is 2.12 bits per heavy atom. The number of nitrogens with zero attached hydrogens (tertiary/aromatic N) is 4. The van der Waals surface area contributed by atoms with Crippen molar-refractivity contribution in [3.8, 4) is 0 Å². The number of carboxylic acid groups (broad SMARTS) is 2. The minimum atomic E-state index is -1.26. The fourth-order valence-corrected chi connectivity index (χ4v) is 4.01. The molecule has 0 aromatic heterocycles. The molecule has 1 fully saturated rings. The zero-order valence-corrected chi connectivity index (χ0v) is 19.7. The minimum absolute atomic E-state index is 0.0832. The van der Waals surface area contributed by atoms with Gasteiger partial charge in [-0.05, 0) is 23.7 Å².